The first-order chi connectivity index (χ1) is 10.0. The van der Waals surface area contributed by atoms with E-state index in [1.807, 2.05) is 37.3 Å². The Morgan fingerprint density at radius 2 is 2.05 bits per heavy atom. The lowest BCUT2D eigenvalue weighted by atomic mass is 9.84. The Labute approximate surface area is 137 Å². The van der Waals surface area contributed by atoms with Crippen LogP contribution in [0.2, 0.25) is 0 Å². The van der Waals surface area contributed by atoms with E-state index >= 15 is 0 Å². The van der Waals surface area contributed by atoms with Crippen molar-refractivity contribution < 1.29 is 9.59 Å². The molecule has 2 rings (SSSR count). The monoisotopic (exact) mass is 325 g/mol. The van der Waals surface area contributed by atoms with Gasteiger partial charge in [0, 0.05) is 26.1 Å². The summed E-state index contributed by atoms with van der Waals surface area (Å²) >= 11 is 0. The Bertz CT molecular complexity index is 509. The van der Waals surface area contributed by atoms with Crippen molar-refractivity contribution in [3.05, 3.63) is 35.9 Å². The summed E-state index contributed by atoms with van der Waals surface area (Å²) in [5.41, 5.74) is 6.56. The number of nitrogens with zero attached hydrogens (tertiary/aromatic N) is 1. The number of amides is 2. The van der Waals surface area contributed by atoms with E-state index in [0.29, 0.717) is 19.4 Å². The van der Waals surface area contributed by atoms with Crippen molar-refractivity contribution in [2.75, 3.05) is 13.6 Å². The number of benzene rings is 1. The minimum atomic E-state index is -0.232. The van der Waals surface area contributed by atoms with Gasteiger partial charge in [0.05, 0.1) is 12.0 Å². The molecule has 2 amide bonds. The molecule has 3 atom stereocenters. The summed E-state index contributed by atoms with van der Waals surface area (Å²) in [6.07, 6.45) is 0.987. The van der Waals surface area contributed by atoms with Gasteiger partial charge in [-0.05, 0) is 18.9 Å². The molecule has 3 N–H and O–H groups in total. The highest BCUT2D eigenvalue weighted by Gasteiger charge is 2.38. The summed E-state index contributed by atoms with van der Waals surface area (Å²) in [6, 6.07) is 9.45. The van der Waals surface area contributed by atoms with Gasteiger partial charge in [0.1, 0.15) is 0 Å². The first kappa shape index (κ1) is 18.5. The molecule has 1 heterocycles. The fraction of sp³-hybridized carbons (Fsp3) is 0.500. The molecule has 22 heavy (non-hydrogen) atoms. The molecule has 1 aliphatic heterocycles. The molecular weight excluding hydrogens is 302 g/mol. The van der Waals surface area contributed by atoms with Crippen molar-refractivity contribution in [2.45, 2.75) is 31.8 Å². The third kappa shape index (κ3) is 3.99. The lowest BCUT2D eigenvalue weighted by Gasteiger charge is -2.39. The van der Waals surface area contributed by atoms with Crippen LogP contribution in [-0.4, -0.2) is 36.3 Å². The van der Waals surface area contributed by atoms with Crippen molar-refractivity contribution in [1.82, 2.24) is 10.2 Å². The summed E-state index contributed by atoms with van der Waals surface area (Å²) in [5.74, 6) is -0.176. The first-order valence-electron chi connectivity index (χ1n) is 7.35. The van der Waals surface area contributed by atoms with Gasteiger partial charge in [0.2, 0.25) is 11.8 Å². The van der Waals surface area contributed by atoms with E-state index in [-0.39, 0.29) is 42.2 Å². The second kappa shape index (κ2) is 8.15. The number of piperidine rings is 1. The minimum Gasteiger partial charge on any atom is -0.352 e. The molecule has 1 fully saturated rings. The van der Waals surface area contributed by atoms with Crippen LogP contribution in [0, 0.1) is 5.92 Å². The molecule has 0 aliphatic carbocycles. The maximum Gasteiger partial charge on any atom is 0.225 e. The molecule has 0 aromatic heterocycles. The largest absolute Gasteiger partial charge is 0.352 e. The Morgan fingerprint density at radius 1 is 1.41 bits per heavy atom. The predicted molar refractivity (Wildman–Crippen MR) is 88.6 cm³/mol. The Hall–Kier alpha value is -1.59. The van der Waals surface area contributed by atoms with Crippen molar-refractivity contribution in [3.8, 4) is 0 Å². The minimum absolute atomic E-state index is 0. The Kier molecular flexibility index (Phi) is 6.84. The van der Waals surface area contributed by atoms with Gasteiger partial charge >= 0.3 is 0 Å². The second-order valence-electron chi connectivity index (χ2n) is 5.65. The van der Waals surface area contributed by atoms with Crippen molar-refractivity contribution in [2.24, 2.45) is 11.7 Å². The van der Waals surface area contributed by atoms with E-state index in [1.54, 1.807) is 11.9 Å². The molecule has 0 spiro atoms. The van der Waals surface area contributed by atoms with E-state index in [9.17, 15) is 9.59 Å². The van der Waals surface area contributed by atoms with Crippen LogP contribution in [0.15, 0.2) is 30.3 Å². The molecule has 122 valence electrons. The fourth-order valence-electron chi connectivity index (χ4n) is 2.83. The maximum absolute atomic E-state index is 12.5. The number of carbonyl (C=O) groups is 2. The zero-order valence-electron chi connectivity index (χ0n) is 13.0. The summed E-state index contributed by atoms with van der Waals surface area (Å²) in [7, 11) is 1.77. The zero-order valence-corrected chi connectivity index (χ0v) is 13.8. The van der Waals surface area contributed by atoms with E-state index in [1.165, 1.54) is 0 Å². The average Bonchev–Trinajstić information content (AvgIpc) is 2.50. The highest BCUT2D eigenvalue weighted by Crippen LogP contribution is 2.35. The van der Waals surface area contributed by atoms with Gasteiger partial charge in [-0.3, -0.25) is 9.59 Å². The molecular formula is C16H24ClN3O2. The van der Waals surface area contributed by atoms with Crippen LogP contribution in [0.4, 0.5) is 0 Å². The SMILES string of the molecule is C[C@@H](CN)NC(=O)C1CCC(=O)N(C)C1c1ccccc1.Cl. The predicted octanol–water partition coefficient (Wildman–Crippen LogP) is 1.48. The highest BCUT2D eigenvalue weighted by atomic mass is 35.5. The average molecular weight is 326 g/mol. The quantitative estimate of drug-likeness (QED) is 0.880. The topological polar surface area (TPSA) is 75.4 Å². The number of likely N-dealkylation sites (tertiary alicyclic amines) is 1. The van der Waals surface area contributed by atoms with Gasteiger partial charge in [-0.15, -0.1) is 12.4 Å². The molecule has 0 bridgehead atoms. The normalized spacial score (nSPS) is 22.7. The molecule has 2 unspecified atom stereocenters. The summed E-state index contributed by atoms with van der Waals surface area (Å²) in [6.45, 7) is 2.29. The van der Waals surface area contributed by atoms with E-state index < -0.39 is 0 Å². The Balaban J connectivity index is 0.00000242. The van der Waals surface area contributed by atoms with Crippen LogP contribution in [0.5, 0.6) is 0 Å². The first-order valence-corrected chi connectivity index (χ1v) is 7.35. The third-order valence-electron chi connectivity index (χ3n) is 4.08. The molecule has 6 heteroatoms. The Morgan fingerprint density at radius 3 is 2.64 bits per heavy atom. The molecule has 1 aromatic carbocycles. The number of rotatable bonds is 4. The number of halogens is 1. The second-order valence-corrected chi connectivity index (χ2v) is 5.65. The van der Waals surface area contributed by atoms with Crippen molar-refractivity contribution in [3.63, 3.8) is 0 Å². The number of hydrogen-bond acceptors (Lipinski definition) is 3. The summed E-state index contributed by atoms with van der Waals surface area (Å²) in [4.78, 5) is 26.2. The van der Waals surface area contributed by atoms with Crippen LogP contribution < -0.4 is 11.1 Å². The lowest BCUT2D eigenvalue weighted by molar-refractivity contribution is -0.141. The smallest absolute Gasteiger partial charge is 0.225 e. The van der Waals surface area contributed by atoms with E-state index in [4.69, 9.17) is 5.73 Å². The van der Waals surface area contributed by atoms with Gasteiger partial charge in [-0.2, -0.15) is 0 Å². The van der Waals surface area contributed by atoms with Gasteiger partial charge < -0.3 is 16.0 Å². The molecule has 1 aromatic rings. The number of nitrogens with one attached hydrogen (secondary N) is 1. The summed E-state index contributed by atoms with van der Waals surface area (Å²) in [5, 5.41) is 2.93. The van der Waals surface area contributed by atoms with Crippen LogP contribution in [0.3, 0.4) is 0 Å². The van der Waals surface area contributed by atoms with Crippen LogP contribution in [0.25, 0.3) is 0 Å². The molecule has 0 saturated carbocycles. The molecule has 1 saturated heterocycles. The standard InChI is InChI=1S/C16H23N3O2.ClH/c1-11(10-17)18-16(21)13-8-9-14(20)19(2)15(13)12-6-4-3-5-7-12;/h3-7,11,13,15H,8-10,17H2,1-2H3,(H,18,21);1H/t11-,13?,15?;/m0./s1. The molecule has 5 nitrogen and oxygen atoms in total. The van der Waals surface area contributed by atoms with Crippen molar-refractivity contribution >= 4 is 24.2 Å². The zero-order chi connectivity index (χ0) is 15.4. The van der Waals surface area contributed by atoms with Gasteiger partial charge in [-0.25, -0.2) is 0 Å². The van der Waals surface area contributed by atoms with Gasteiger partial charge in [-0.1, -0.05) is 30.3 Å². The third-order valence-corrected chi connectivity index (χ3v) is 4.08. The van der Waals surface area contributed by atoms with E-state index in [2.05, 4.69) is 5.32 Å². The van der Waals surface area contributed by atoms with E-state index in [0.717, 1.165) is 5.56 Å². The van der Waals surface area contributed by atoms with Crippen LogP contribution in [-0.2, 0) is 9.59 Å². The number of carbonyl (C=O) groups excluding carboxylic acids is 2. The van der Waals surface area contributed by atoms with Crippen molar-refractivity contribution in [1.29, 1.82) is 0 Å². The van der Waals surface area contributed by atoms with Crippen LogP contribution in [0.1, 0.15) is 31.4 Å². The van der Waals surface area contributed by atoms with Gasteiger partial charge in [0.25, 0.3) is 0 Å². The van der Waals surface area contributed by atoms with Crippen LogP contribution >= 0.6 is 12.4 Å². The summed E-state index contributed by atoms with van der Waals surface area (Å²) < 4.78 is 0. The number of hydrogen-bond donors (Lipinski definition) is 2. The lowest BCUT2D eigenvalue weighted by Crippen LogP contribution is -2.49. The number of nitrogens with two attached hydrogens (primary N) is 1. The van der Waals surface area contributed by atoms with Gasteiger partial charge in [0.15, 0.2) is 0 Å². The fourth-order valence-corrected chi connectivity index (χ4v) is 2.83. The highest BCUT2D eigenvalue weighted by molar-refractivity contribution is 5.85. The molecule has 0 radical (unpaired) electrons. The molecule has 1 aliphatic rings. The maximum atomic E-state index is 12.5.